The third-order valence-electron chi connectivity index (χ3n) is 9.62. The second-order valence-electron chi connectivity index (χ2n) is 13.8. The normalized spacial score (nSPS) is 24.2. The average molecular weight is 619 g/mol. The Hall–Kier alpha value is -4.02. The molecule has 0 aromatic carbocycles. The number of nitrogens with one attached hydrogen (secondary N) is 2. The van der Waals surface area contributed by atoms with Crippen molar-refractivity contribution in [3.63, 3.8) is 0 Å². The third kappa shape index (κ3) is 5.89. The molecule has 2 aliphatic heterocycles. The van der Waals surface area contributed by atoms with Crippen LogP contribution in [-0.4, -0.2) is 77.8 Å². The Labute approximate surface area is 259 Å². The average Bonchev–Trinajstić information content (AvgIpc) is 3.64. The Kier molecular flexibility index (Phi) is 7.32. The Morgan fingerprint density at radius 2 is 1.91 bits per heavy atom. The summed E-state index contributed by atoms with van der Waals surface area (Å²) >= 11 is 0. The summed E-state index contributed by atoms with van der Waals surface area (Å²) in [6.45, 7) is 8.22. The molecule has 7 rings (SSSR count). The SMILES string of the molecule is CC1(C)CN(Cc2cc(NC3CCN(C4CC(CC#N)(n5cc(-c6ncnc7[nH]ccc67)cn5)C4)CC3)nc(C(F)(F)F)c2)C1. The van der Waals surface area contributed by atoms with Crippen LogP contribution in [0.15, 0.2) is 43.1 Å². The van der Waals surface area contributed by atoms with Gasteiger partial charge in [0.1, 0.15) is 23.5 Å². The van der Waals surface area contributed by atoms with Gasteiger partial charge in [-0.25, -0.2) is 15.0 Å². The third-order valence-corrected chi connectivity index (χ3v) is 9.62. The van der Waals surface area contributed by atoms with Crippen LogP contribution >= 0.6 is 0 Å². The zero-order chi connectivity index (χ0) is 31.4. The van der Waals surface area contributed by atoms with Crippen molar-refractivity contribution in [3.8, 4) is 17.3 Å². The van der Waals surface area contributed by atoms with Gasteiger partial charge in [-0.15, -0.1) is 0 Å². The zero-order valence-electron chi connectivity index (χ0n) is 25.5. The molecule has 1 saturated carbocycles. The molecule has 10 nitrogen and oxygen atoms in total. The molecule has 4 aromatic heterocycles. The number of H-pyrrole nitrogens is 1. The van der Waals surface area contributed by atoms with Crippen molar-refractivity contribution in [2.75, 3.05) is 31.5 Å². The molecule has 0 atom stereocenters. The number of pyridine rings is 1. The zero-order valence-corrected chi connectivity index (χ0v) is 25.5. The largest absolute Gasteiger partial charge is 0.433 e. The molecule has 0 amide bonds. The minimum atomic E-state index is -4.50. The molecule has 45 heavy (non-hydrogen) atoms. The van der Waals surface area contributed by atoms with Crippen molar-refractivity contribution in [1.82, 2.24) is 39.5 Å². The Morgan fingerprint density at radius 3 is 2.62 bits per heavy atom. The first kappa shape index (κ1) is 29.7. The van der Waals surface area contributed by atoms with Gasteiger partial charge in [0.2, 0.25) is 0 Å². The number of nitrogens with zero attached hydrogens (tertiary/aromatic N) is 8. The first-order valence-corrected chi connectivity index (χ1v) is 15.5. The van der Waals surface area contributed by atoms with Crippen LogP contribution in [0.2, 0.25) is 0 Å². The van der Waals surface area contributed by atoms with Crippen LogP contribution in [-0.2, 0) is 18.3 Å². The number of hydrogen-bond donors (Lipinski definition) is 2. The first-order chi connectivity index (χ1) is 21.5. The van der Waals surface area contributed by atoms with Gasteiger partial charge in [0.15, 0.2) is 0 Å². The van der Waals surface area contributed by atoms with E-state index in [0.717, 1.165) is 74.2 Å². The van der Waals surface area contributed by atoms with Crippen LogP contribution in [0.5, 0.6) is 0 Å². The van der Waals surface area contributed by atoms with E-state index in [1.54, 1.807) is 12.3 Å². The van der Waals surface area contributed by atoms with E-state index in [-0.39, 0.29) is 17.0 Å². The van der Waals surface area contributed by atoms with Crippen LogP contribution in [0, 0.1) is 16.7 Å². The Bertz CT molecular complexity index is 1710. The molecule has 2 N–H and O–H groups in total. The van der Waals surface area contributed by atoms with Crippen molar-refractivity contribution >= 4 is 16.9 Å². The molecule has 236 valence electrons. The Morgan fingerprint density at radius 1 is 1.13 bits per heavy atom. The molecule has 6 heterocycles. The number of likely N-dealkylation sites (tertiary alicyclic amines) is 2. The highest BCUT2D eigenvalue weighted by Crippen LogP contribution is 2.46. The summed E-state index contributed by atoms with van der Waals surface area (Å²) < 4.78 is 43.0. The number of alkyl halides is 3. The molecule has 2 saturated heterocycles. The molecule has 3 fully saturated rings. The van der Waals surface area contributed by atoms with E-state index in [0.29, 0.717) is 30.4 Å². The fraction of sp³-hybridized carbons (Fsp3) is 0.531. The minimum absolute atomic E-state index is 0.0452. The van der Waals surface area contributed by atoms with Crippen molar-refractivity contribution in [3.05, 3.63) is 54.4 Å². The number of anilines is 1. The van der Waals surface area contributed by atoms with Gasteiger partial charge in [0.05, 0.1) is 29.9 Å². The first-order valence-electron chi connectivity index (χ1n) is 15.5. The van der Waals surface area contributed by atoms with Crippen molar-refractivity contribution < 1.29 is 13.2 Å². The molecule has 4 aromatic rings. The number of piperidine rings is 1. The summed E-state index contributed by atoms with van der Waals surface area (Å²) in [5, 5.41) is 18.6. The maximum atomic E-state index is 13.7. The fourth-order valence-electron chi connectivity index (χ4n) is 7.49. The summed E-state index contributed by atoms with van der Waals surface area (Å²) in [6, 6.07) is 7.64. The summed E-state index contributed by atoms with van der Waals surface area (Å²) in [5.74, 6) is 0.296. The van der Waals surface area contributed by atoms with Gasteiger partial charge < -0.3 is 15.2 Å². The molecule has 0 radical (unpaired) electrons. The lowest BCUT2D eigenvalue weighted by Gasteiger charge is -2.52. The molecule has 1 aliphatic carbocycles. The number of aromatic nitrogens is 6. The fourth-order valence-corrected chi connectivity index (χ4v) is 7.49. The maximum Gasteiger partial charge on any atom is 0.433 e. The van der Waals surface area contributed by atoms with Crippen LogP contribution in [0.4, 0.5) is 19.0 Å². The second kappa shape index (κ2) is 11.1. The monoisotopic (exact) mass is 618 g/mol. The van der Waals surface area contributed by atoms with Crippen molar-refractivity contribution in [2.24, 2.45) is 5.41 Å². The molecule has 3 aliphatic rings. The summed E-state index contributed by atoms with van der Waals surface area (Å²) in [5.41, 5.74) is 2.07. The van der Waals surface area contributed by atoms with E-state index < -0.39 is 11.9 Å². The molecule has 0 bridgehead atoms. The second-order valence-corrected chi connectivity index (χ2v) is 13.8. The van der Waals surface area contributed by atoms with Crippen molar-refractivity contribution in [1.29, 1.82) is 5.26 Å². The minimum Gasteiger partial charge on any atom is -0.367 e. The van der Waals surface area contributed by atoms with Gasteiger partial charge in [-0.3, -0.25) is 9.58 Å². The molecule has 0 spiro atoms. The predicted molar refractivity (Wildman–Crippen MR) is 163 cm³/mol. The number of nitriles is 1. The highest BCUT2D eigenvalue weighted by molar-refractivity contribution is 5.90. The van der Waals surface area contributed by atoms with Crippen LogP contribution in [0.3, 0.4) is 0 Å². The van der Waals surface area contributed by atoms with Gasteiger partial charge in [-0.05, 0) is 54.9 Å². The standard InChI is InChI=1S/C32H37F3N10/c1-30(2)18-43(19-30)16-21-11-26(32(33,34)35)42-27(12-21)41-23-4-9-44(10-5-23)24-13-31(14-24,6-7-36)45-17-22(15-40-45)28-25-3-8-37-29(25)39-20-38-28/h3,8,11-12,15,17,20,23-24H,4-6,9-10,13-14,16,18-19H2,1-2H3,(H,41,42)(H,37,38,39). The number of hydrogen-bond acceptors (Lipinski definition) is 8. The lowest BCUT2D eigenvalue weighted by Crippen LogP contribution is -2.58. The number of rotatable bonds is 8. The number of fused-ring (bicyclic) bond motifs is 1. The van der Waals surface area contributed by atoms with E-state index in [9.17, 15) is 18.4 Å². The van der Waals surface area contributed by atoms with E-state index in [1.165, 1.54) is 12.4 Å². The highest BCUT2D eigenvalue weighted by Gasteiger charge is 2.49. The van der Waals surface area contributed by atoms with E-state index in [2.05, 4.69) is 60.1 Å². The molecular formula is C32H37F3N10. The van der Waals surface area contributed by atoms with Gasteiger partial charge in [0, 0.05) is 68.2 Å². The van der Waals surface area contributed by atoms with E-state index >= 15 is 0 Å². The smallest absolute Gasteiger partial charge is 0.367 e. The number of aromatic amines is 1. The topological polar surface area (TPSA) is 115 Å². The lowest BCUT2D eigenvalue weighted by molar-refractivity contribution is -0.141. The van der Waals surface area contributed by atoms with Gasteiger partial charge in [0.25, 0.3) is 0 Å². The summed E-state index contributed by atoms with van der Waals surface area (Å²) in [7, 11) is 0. The molecule has 0 unspecified atom stereocenters. The van der Waals surface area contributed by atoms with Crippen LogP contribution in [0.1, 0.15) is 57.2 Å². The summed E-state index contributed by atoms with van der Waals surface area (Å²) in [4.78, 5) is 20.4. The summed E-state index contributed by atoms with van der Waals surface area (Å²) in [6.07, 6.45) is 6.26. The van der Waals surface area contributed by atoms with Crippen molar-refractivity contribution in [2.45, 2.75) is 76.3 Å². The van der Waals surface area contributed by atoms with E-state index in [4.69, 9.17) is 0 Å². The number of halogens is 3. The van der Waals surface area contributed by atoms with Gasteiger partial charge in [-0.2, -0.15) is 23.5 Å². The maximum absolute atomic E-state index is 13.7. The highest BCUT2D eigenvalue weighted by atomic mass is 19.4. The molecule has 13 heteroatoms. The van der Waals surface area contributed by atoms with Gasteiger partial charge in [-0.1, -0.05) is 13.8 Å². The van der Waals surface area contributed by atoms with Crippen LogP contribution < -0.4 is 5.32 Å². The van der Waals surface area contributed by atoms with Gasteiger partial charge >= 0.3 is 6.18 Å². The quantitative estimate of drug-likeness (QED) is 0.269. The lowest BCUT2D eigenvalue weighted by atomic mass is 9.69. The predicted octanol–water partition coefficient (Wildman–Crippen LogP) is 5.42. The van der Waals surface area contributed by atoms with E-state index in [1.807, 2.05) is 23.1 Å². The molecular weight excluding hydrogens is 581 g/mol. The Balaban J connectivity index is 0.978. The van der Waals surface area contributed by atoms with Crippen LogP contribution in [0.25, 0.3) is 22.3 Å².